The fraction of sp³-hybridized carbons (Fsp3) is 0.333. The van der Waals surface area contributed by atoms with E-state index in [1.165, 1.54) is 25.3 Å². The fourth-order valence-electron chi connectivity index (χ4n) is 1.16. The molecular weight excluding hydrogens is 232 g/mol. The van der Waals surface area contributed by atoms with Crippen LogP contribution in [-0.4, -0.2) is 33.8 Å². The van der Waals surface area contributed by atoms with Crippen molar-refractivity contribution in [2.45, 2.75) is 4.90 Å². The van der Waals surface area contributed by atoms with Gasteiger partial charge in [-0.25, -0.2) is 13.1 Å². The van der Waals surface area contributed by atoms with Crippen molar-refractivity contribution in [2.24, 2.45) is 0 Å². The van der Waals surface area contributed by atoms with Crippen LogP contribution in [0.5, 0.6) is 5.75 Å². The summed E-state index contributed by atoms with van der Waals surface area (Å²) in [6.45, 7) is -0.313. The first-order chi connectivity index (χ1) is 7.51. The van der Waals surface area contributed by atoms with Gasteiger partial charge in [-0.3, -0.25) is 0 Å². The topological polar surface area (TPSA) is 102 Å². The predicted molar refractivity (Wildman–Crippen MR) is 59.7 cm³/mol. The van der Waals surface area contributed by atoms with Crippen LogP contribution in [0.3, 0.4) is 0 Å². The van der Waals surface area contributed by atoms with Gasteiger partial charge in [0, 0.05) is 18.3 Å². The normalized spacial score (nSPS) is 11.4. The first-order valence-corrected chi connectivity index (χ1v) is 6.03. The van der Waals surface area contributed by atoms with Crippen LogP contribution in [0.1, 0.15) is 0 Å². The molecule has 0 aliphatic carbocycles. The van der Waals surface area contributed by atoms with E-state index in [9.17, 15) is 8.42 Å². The molecule has 0 aromatic heterocycles. The number of sulfonamides is 1. The molecular formula is C9H14N2O4S. The second-order valence-corrected chi connectivity index (χ2v) is 4.77. The molecule has 0 amide bonds. The average molecular weight is 246 g/mol. The Labute approximate surface area is 94.1 Å². The van der Waals surface area contributed by atoms with Crippen molar-refractivity contribution in [3.63, 3.8) is 0 Å². The summed E-state index contributed by atoms with van der Waals surface area (Å²) in [5.41, 5.74) is 5.93. The molecule has 0 spiro atoms. The quantitative estimate of drug-likeness (QED) is 0.611. The van der Waals surface area contributed by atoms with Gasteiger partial charge in [-0.15, -0.1) is 0 Å². The number of methoxy groups -OCH3 is 1. The molecule has 1 aromatic carbocycles. The van der Waals surface area contributed by atoms with Gasteiger partial charge >= 0.3 is 0 Å². The van der Waals surface area contributed by atoms with Crippen molar-refractivity contribution >= 4 is 15.7 Å². The summed E-state index contributed by atoms with van der Waals surface area (Å²) in [5, 5.41) is 8.57. The highest BCUT2D eigenvalue weighted by Crippen LogP contribution is 2.25. The molecule has 0 fully saturated rings. The number of nitrogens with one attached hydrogen (secondary N) is 1. The maximum Gasteiger partial charge on any atom is 0.244 e. The van der Waals surface area contributed by atoms with E-state index >= 15 is 0 Å². The second-order valence-electron chi connectivity index (χ2n) is 3.03. The van der Waals surface area contributed by atoms with Gasteiger partial charge in [-0.05, 0) is 12.1 Å². The van der Waals surface area contributed by atoms with Gasteiger partial charge < -0.3 is 15.6 Å². The van der Waals surface area contributed by atoms with Crippen LogP contribution in [0.4, 0.5) is 5.69 Å². The van der Waals surface area contributed by atoms with Crippen LogP contribution in [0.15, 0.2) is 23.1 Å². The molecule has 0 unspecified atom stereocenters. The van der Waals surface area contributed by atoms with Crippen LogP contribution in [0.2, 0.25) is 0 Å². The maximum absolute atomic E-state index is 11.7. The molecule has 0 bridgehead atoms. The maximum atomic E-state index is 11.7. The smallest absolute Gasteiger partial charge is 0.244 e. The largest absolute Gasteiger partial charge is 0.495 e. The Balaban J connectivity index is 3.12. The molecule has 0 aliphatic heterocycles. The summed E-state index contributed by atoms with van der Waals surface area (Å²) < 4.78 is 30.6. The van der Waals surface area contributed by atoms with E-state index in [1.54, 1.807) is 0 Å². The van der Waals surface area contributed by atoms with Crippen LogP contribution in [-0.2, 0) is 10.0 Å². The van der Waals surface area contributed by atoms with Gasteiger partial charge in [0.1, 0.15) is 10.6 Å². The molecule has 1 rings (SSSR count). The van der Waals surface area contributed by atoms with Gasteiger partial charge in [0.05, 0.1) is 13.7 Å². The summed E-state index contributed by atoms with van der Waals surface area (Å²) >= 11 is 0. The Morgan fingerprint density at radius 2 is 2.19 bits per heavy atom. The van der Waals surface area contributed by atoms with E-state index in [1.807, 2.05) is 0 Å². The number of hydrogen-bond donors (Lipinski definition) is 3. The molecule has 16 heavy (non-hydrogen) atoms. The third-order valence-electron chi connectivity index (χ3n) is 1.88. The van der Waals surface area contributed by atoms with Crippen molar-refractivity contribution in [1.82, 2.24) is 4.72 Å². The van der Waals surface area contributed by atoms with Gasteiger partial charge in [0.15, 0.2) is 0 Å². The zero-order valence-electron chi connectivity index (χ0n) is 8.80. The lowest BCUT2D eigenvalue weighted by molar-refractivity contribution is 0.301. The third kappa shape index (κ3) is 2.84. The van der Waals surface area contributed by atoms with E-state index in [0.29, 0.717) is 5.69 Å². The van der Waals surface area contributed by atoms with E-state index in [0.717, 1.165) is 0 Å². The number of aliphatic hydroxyl groups is 1. The van der Waals surface area contributed by atoms with Crippen molar-refractivity contribution in [3.8, 4) is 5.75 Å². The SMILES string of the molecule is COc1cc(N)ccc1S(=O)(=O)NCCO. The molecule has 0 atom stereocenters. The van der Waals surface area contributed by atoms with Crippen molar-refractivity contribution in [1.29, 1.82) is 0 Å². The minimum absolute atomic E-state index is 0.00218. The summed E-state index contributed by atoms with van der Waals surface area (Å²) in [6, 6.07) is 4.25. The Hall–Kier alpha value is -1.31. The molecule has 0 saturated carbocycles. The monoisotopic (exact) mass is 246 g/mol. The Kier molecular flexibility index (Phi) is 4.11. The standard InChI is InChI=1S/C9H14N2O4S/c1-15-8-6-7(10)2-3-9(8)16(13,14)11-4-5-12/h2-3,6,11-12H,4-5,10H2,1H3. The molecule has 0 aliphatic rings. The van der Waals surface area contributed by atoms with E-state index < -0.39 is 10.0 Å². The van der Waals surface area contributed by atoms with Gasteiger partial charge in [0.2, 0.25) is 10.0 Å². The molecule has 0 heterocycles. The predicted octanol–water partition coefficient (Wildman–Crippen LogP) is -0.452. The minimum Gasteiger partial charge on any atom is -0.495 e. The summed E-state index contributed by atoms with van der Waals surface area (Å²) in [7, 11) is -2.31. The van der Waals surface area contributed by atoms with Crippen LogP contribution in [0.25, 0.3) is 0 Å². The van der Waals surface area contributed by atoms with E-state index in [4.69, 9.17) is 15.6 Å². The minimum atomic E-state index is -3.67. The van der Waals surface area contributed by atoms with Crippen molar-refractivity contribution in [3.05, 3.63) is 18.2 Å². The molecule has 7 heteroatoms. The zero-order valence-corrected chi connectivity index (χ0v) is 9.62. The first kappa shape index (κ1) is 12.8. The summed E-state index contributed by atoms with van der Waals surface area (Å²) in [4.78, 5) is -0.00218. The zero-order chi connectivity index (χ0) is 12.2. The molecule has 0 radical (unpaired) electrons. The number of nitrogens with two attached hydrogens (primary N) is 1. The lowest BCUT2D eigenvalue weighted by atomic mass is 10.3. The van der Waals surface area contributed by atoms with Crippen LogP contribution < -0.4 is 15.2 Å². The van der Waals surface area contributed by atoms with Crippen LogP contribution in [0, 0.1) is 0 Å². The molecule has 6 nitrogen and oxygen atoms in total. The van der Waals surface area contributed by atoms with Crippen LogP contribution >= 0.6 is 0 Å². The van der Waals surface area contributed by atoms with Crippen molar-refractivity contribution < 1.29 is 18.3 Å². The lowest BCUT2D eigenvalue weighted by Gasteiger charge is -2.10. The molecule has 90 valence electrons. The Bertz CT molecular complexity index is 459. The number of aliphatic hydroxyl groups excluding tert-OH is 1. The summed E-state index contributed by atoms with van der Waals surface area (Å²) in [5.74, 6) is 0.172. The Morgan fingerprint density at radius 3 is 2.75 bits per heavy atom. The lowest BCUT2D eigenvalue weighted by Crippen LogP contribution is -2.27. The highest BCUT2D eigenvalue weighted by molar-refractivity contribution is 7.89. The molecule has 4 N–H and O–H groups in total. The third-order valence-corrected chi connectivity index (χ3v) is 3.38. The fourth-order valence-corrected chi connectivity index (χ4v) is 2.33. The molecule has 0 saturated heterocycles. The second kappa shape index (κ2) is 5.15. The number of ether oxygens (including phenoxy) is 1. The van der Waals surface area contributed by atoms with Crippen molar-refractivity contribution in [2.75, 3.05) is 26.0 Å². The summed E-state index contributed by atoms with van der Waals surface area (Å²) in [6.07, 6.45) is 0. The number of anilines is 1. The Morgan fingerprint density at radius 1 is 1.50 bits per heavy atom. The first-order valence-electron chi connectivity index (χ1n) is 4.55. The van der Waals surface area contributed by atoms with E-state index in [-0.39, 0.29) is 23.8 Å². The van der Waals surface area contributed by atoms with Gasteiger partial charge in [0.25, 0.3) is 0 Å². The highest BCUT2D eigenvalue weighted by Gasteiger charge is 2.18. The van der Waals surface area contributed by atoms with E-state index in [2.05, 4.69) is 4.72 Å². The van der Waals surface area contributed by atoms with Gasteiger partial charge in [-0.2, -0.15) is 0 Å². The van der Waals surface area contributed by atoms with Gasteiger partial charge in [-0.1, -0.05) is 0 Å². The highest BCUT2D eigenvalue weighted by atomic mass is 32.2. The number of benzene rings is 1. The number of rotatable bonds is 5. The molecule has 1 aromatic rings. The average Bonchev–Trinajstić information content (AvgIpc) is 2.26. The number of hydrogen-bond acceptors (Lipinski definition) is 5. The number of nitrogen functional groups attached to an aromatic ring is 1.